The van der Waals surface area contributed by atoms with E-state index in [4.69, 9.17) is 4.74 Å². The lowest BCUT2D eigenvalue weighted by Crippen LogP contribution is -2.54. The zero-order valence-electron chi connectivity index (χ0n) is 20.7. The number of anilines is 1. The van der Waals surface area contributed by atoms with Gasteiger partial charge in [0.25, 0.3) is 11.8 Å². The van der Waals surface area contributed by atoms with E-state index in [0.717, 1.165) is 36.3 Å². The standard InChI is InChI=1S/C25H33F3N2O5/c1-14(2)30(16-9-7-6-8-10-16)21(31)17-11-19-20(12-18(17)25(26,27)28)35-24(4,5)23(34)29(19)13-15(3)22(32)33/h11-12,14-16H,6-10,13H2,1-5H3,(H,32,33)/t15-/m0/s1. The largest absolute Gasteiger partial charge is 0.481 e. The molecule has 2 aliphatic rings. The number of hydrogen-bond donors (Lipinski definition) is 1. The van der Waals surface area contributed by atoms with Crippen LogP contribution in [-0.4, -0.2) is 52.0 Å². The van der Waals surface area contributed by atoms with Gasteiger partial charge in [0.1, 0.15) is 5.75 Å². The van der Waals surface area contributed by atoms with Gasteiger partial charge >= 0.3 is 12.1 Å². The first-order valence-corrected chi connectivity index (χ1v) is 12.0. The second-order valence-corrected chi connectivity index (χ2v) is 10.2. The number of aliphatic carboxylic acids is 1. The van der Waals surface area contributed by atoms with E-state index >= 15 is 0 Å². The molecule has 2 amide bonds. The molecule has 1 aliphatic heterocycles. The fraction of sp³-hybridized carbons (Fsp3) is 0.640. The van der Waals surface area contributed by atoms with Crippen molar-refractivity contribution in [3.05, 3.63) is 23.3 Å². The molecule has 0 radical (unpaired) electrons. The van der Waals surface area contributed by atoms with Crippen molar-refractivity contribution in [1.29, 1.82) is 0 Å². The quantitative estimate of drug-likeness (QED) is 0.589. The summed E-state index contributed by atoms with van der Waals surface area (Å²) in [5, 5.41) is 9.37. The highest BCUT2D eigenvalue weighted by atomic mass is 19.4. The summed E-state index contributed by atoms with van der Waals surface area (Å²) in [4.78, 5) is 40.9. The maximum Gasteiger partial charge on any atom is 0.417 e. The summed E-state index contributed by atoms with van der Waals surface area (Å²) >= 11 is 0. The molecule has 194 valence electrons. The van der Waals surface area contributed by atoms with Gasteiger partial charge in [0, 0.05) is 18.6 Å². The van der Waals surface area contributed by atoms with Crippen LogP contribution in [0, 0.1) is 5.92 Å². The molecule has 0 unspecified atom stereocenters. The molecule has 1 fully saturated rings. The molecule has 0 bridgehead atoms. The van der Waals surface area contributed by atoms with E-state index in [-0.39, 0.29) is 30.1 Å². The third kappa shape index (κ3) is 5.41. The molecule has 7 nitrogen and oxygen atoms in total. The Morgan fingerprint density at radius 2 is 1.77 bits per heavy atom. The van der Waals surface area contributed by atoms with Crippen molar-refractivity contribution in [2.24, 2.45) is 5.92 Å². The van der Waals surface area contributed by atoms with Gasteiger partial charge in [-0.05, 0) is 52.7 Å². The SMILES string of the molecule is CC(C)N(C(=O)c1cc2c(cc1C(F)(F)F)OC(C)(C)C(=O)N2C[C@H](C)C(=O)O)C1CCCCC1. The van der Waals surface area contributed by atoms with Gasteiger partial charge in [-0.3, -0.25) is 14.4 Å². The van der Waals surface area contributed by atoms with Gasteiger partial charge < -0.3 is 19.6 Å². The monoisotopic (exact) mass is 498 g/mol. The minimum Gasteiger partial charge on any atom is -0.481 e. The van der Waals surface area contributed by atoms with E-state index in [1.807, 2.05) is 0 Å². The Morgan fingerprint density at radius 3 is 2.29 bits per heavy atom. The first kappa shape index (κ1) is 26.8. The van der Waals surface area contributed by atoms with Crippen LogP contribution in [0.4, 0.5) is 18.9 Å². The molecule has 1 aromatic rings. The van der Waals surface area contributed by atoms with E-state index < -0.39 is 46.6 Å². The predicted octanol–water partition coefficient (Wildman–Crippen LogP) is 5.11. The predicted molar refractivity (Wildman–Crippen MR) is 123 cm³/mol. The maximum atomic E-state index is 14.2. The van der Waals surface area contributed by atoms with Gasteiger partial charge in [-0.15, -0.1) is 0 Å². The second-order valence-electron chi connectivity index (χ2n) is 10.2. The average molecular weight is 499 g/mol. The van der Waals surface area contributed by atoms with E-state index in [2.05, 4.69) is 0 Å². The van der Waals surface area contributed by atoms with Crippen LogP contribution in [0.2, 0.25) is 0 Å². The molecule has 1 heterocycles. The van der Waals surface area contributed by atoms with E-state index in [0.29, 0.717) is 12.8 Å². The number of rotatable bonds is 6. The molecular weight excluding hydrogens is 465 g/mol. The van der Waals surface area contributed by atoms with Gasteiger partial charge in [-0.25, -0.2) is 0 Å². The molecule has 0 aromatic heterocycles. The van der Waals surface area contributed by atoms with Crippen LogP contribution in [0.1, 0.15) is 82.6 Å². The molecule has 3 rings (SSSR count). The fourth-order valence-corrected chi connectivity index (χ4v) is 4.88. The Hall–Kier alpha value is -2.78. The summed E-state index contributed by atoms with van der Waals surface area (Å²) in [5.74, 6) is -3.72. The number of benzene rings is 1. The Morgan fingerprint density at radius 1 is 1.17 bits per heavy atom. The van der Waals surface area contributed by atoms with E-state index in [1.54, 1.807) is 13.8 Å². The Balaban J connectivity index is 2.18. The molecule has 1 aliphatic carbocycles. The van der Waals surface area contributed by atoms with Gasteiger partial charge in [0.05, 0.1) is 22.7 Å². The van der Waals surface area contributed by atoms with Crippen LogP contribution >= 0.6 is 0 Å². The summed E-state index contributed by atoms with van der Waals surface area (Å²) in [6.07, 6.45) is -0.591. The molecule has 10 heteroatoms. The molecule has 0 saturated heterocycles. The number of amides is 2. The number of alkyl halides is 3. The number of nitrogens with zero attached hydrogens (tertiary/aromatic N) is 2. The number of carboxylic acid groups (broad SMARTS) is 1. The van der Waals surface area contributed by atoms with E-state index in [1.165, 1.54) is 25.7 Å². The smallest absolute Gasteiger partial charge is 0.417 e. The fourth-order valence-electron chi connectivity index (χ4n) is 4.88. The van der Waals surface area contributed by atoms with Crippen molar-refractivity contribution in [3.8, 4) is 5.75 Å². The third-order valence-corrected chi connectivity index (χ3v) is 6.69. The van der Waals surface area contributed by atoms with Crippen molar-refractivity contribution < 1.29 is 37.4 Å². The minimum atomic E-state index is -4.84. The number of carboxylic acids is 1. The van der Waals surface area contributed by atoms with Crippen molar-refractivity contribution in [2.45, 2.75) is 90.6 Å². The van der Waals surface area contributed by atoms with Crippen molar-refractivity contribution in [3.63, 3.8) is 0 Å². The summed E-state index contributed by atoms with van der Waals surface area (Å²) < 4.78 is 48.2. The van der Waals surface area contributed by atoms with Crippen LogP contribution in [0.15, 0.2) is 12.1 Å². The van der Waals surface area contributed by atoms with Crippen LogP contribution in [0.3, 0.4) is 0 Å². The number of fused-ring (bicyclic) bond motifs is 1. The lowest BCUT2D eigenvalue weighted by atomic mass is 9.92. The van der Waals surface area contributed by atoms with Gasteiger partial charge in [-0.2, -0.15) is 13.2 Å². The number of hydrogen-bond acceptors (Lipinski definition) is 4. The molecule has 0 spiro atoms. The zero-order valence-corrected chi connectivity index (χ0v) is 20.7. The summed E-state index contributed by atoms with van der Waals surface area (Å²) in [7, 11) is 0. The highest BCUT2D eigenvalue weighted by Crippen LogP contribution is 2.45. The zero-order chi connectivity index (χ0) is 26.3. The highest BCUT2D eigenvalue weighted by molar-refractivity contribution is 6.05. The highest BCUT2D eigenvalue weighted by Gasteiger charge is 2.45. The van der Waals surface area contributed by atoms with E-state index in [9.17, 15) is 32.7 Å². The number of ether oxygens (including phenoxy) is 1. The molecule has 1 saturated carbocycles. The molecular formula is C25H33F3N2O5. The lowest BCUT2D eigenvalue weighted by Gasteiger charge is -2.41. The second kappa shape index (κ2) is 9.70. The van der Waals surface area contributed by atoms with Crippen LogP contribution in [0.25, 0.3) is 0 Å². The van der Waals surface area contributed by atoms with Gasteiger partial charge in [-0.1, -0.05) is 26.2 Å². The van der Waals surface area contributed by atoms with Crippen molar-refractivity contribution in [2.75, 3.05) is 11.4 Å². The normalized spacial score (nSPS) is 19.2. The Kier molecular flexibility index (Phi) is 7.43. The van der Waals surface area contributed by atoms with Crippen molar-refractivity contribution >= 4 is 23.5 Å². The Labute approximate surface area is 203 Å². The lowest BCUT2D eigenvalue weighted by molar-refractivity contribution is -0.141. The molecule has 1 atom stereocenters. The summed E-state index contributed by atoms with van der Waals surface area (Å²) in [6.45, 7) is 7.49. The first-order chi connectivity index (χ1) is 16.1. The van der Waals surface area contributed by atoms with Crippen molar-refractivity contribution in [1.82, 2.24) is 4.90 Å². The molecule has 1 aromatic carbocycles. The molecule has 35 heavy (non-hydrogen) atoms. The first-order valence-electron chi connectivity index (χ1n) is 12.0. The summed E-state index contributed by atoms with van der Waals surface area (Å²) in [6, 6.07) is 1.30. The maximum absolute atomic E-state index is 14.2. The number of carbonyl (C=O) groups is 3. The topological polar surface area (TPSA) is 87.2 Å². The number of carbonyl (C=O) groups excluding carboxylic acids is 2. The molecule has 1 N–H and O–H groups in total. The Bertz CT molecular complexity index is 1000. The van der Waals surface area contributed by atoms with Crippen LogP contribution in [0.5, 0.6) is 5.75 Å². The van der Waals surface area contributed by atoms with Gasteiger partial charge in [0.15, 0.2) is 5.60 Å². The third-order valence-electron chi connectivity index (χ3n) is 6.69. The average Bonchev–Trinajstić information content (AvgIpc) is 2.75. The summed E-state index contributed by atoms with van der Waals surface area (Å²) in [5.41, 5.74) is -3.25. The minimum absolute atomic E-state index is 0.0360. The van der Waals surface area contributed by atoms with Crippen LogP contribution < -0.4 is 9.64 Å². The number of halogens is 3. The van der Waals surface area contributed by atoms with Gasteiger partial charge in [0.2, 0.25) is 0 Å². The van der Waals surface area contributed by atoms with Crippen LogP contribution in [-0.2, 0) is 15.8 Å².